The molecule has 2 aromatic carbocycles. The van der Waals surface area contributed by atoms with E-state index in [1.807, 2.05) is 73.1 Å². The van der Waals surface area contributed by atoms with Crippen molar-refractivity contribution in [3.05, 3.63) is 94.4 Å². The Balaban J connectivity index is 1.54. The molecule has 1 amide bonds. The second-order valence-electron chi connectivity index (χ2n) is 8.21. The monoisotopic (exact) mass is 466 g/mol. The summed E-state index contributed by atoms with van der Waals surface area (Å²) in [5, 5.41) is 13.6. The maximum atomic E-state index is 12.7. The molecule has 0 atom stereocenters. The van der Waals surface area contributed by atoms with E-state index in [0.29, 0.717) is 24.2 Å². The molecule has 0 spiro atoms. The molecular formula is C28H26N4O3. The molecule has 176 valence electrons. The normalized spacial score (nSPS) is 11.3. The third kappa shape index (κ3) is 4.73. The number of benzene rings is 2. The molecule has 2 heterocycles. The molecule has 2 aromatic heterocycles. The van der Waals surface area contributed by atoms with Crippen LogP contribution in [0.3, 0.4) is 0 Å². The molecule has 0 unspecified atom stereocenters. The maximum absolute atomic E-state index is 12.7. The number of ether oxygens (including phenoxy) is 1. The molecule has 2 N–H and O–H groups in total. The van der Waals surface area contributed by atoms with Crippen molar-refractivity contribution in [2.45, 2.75) is 20.3 Å². The Kier molecular flexibility index (Phi) is 6.83. The van der Waals surface area contributed by atoms with Crippen molar-refractivity contribution in [3.8, 4) is 11.8 Å². The Morgan fingerprint density at radius 3 is 2.66 bits per heavy atom. The summed E-state index contributed by atoms with van der Waals surface area (Å²) >= 11 is 0. The summed E-state index contributed by atoms with van der Waals surface area (Å²) in [5.74, 6) is -0.857. The summed E-state index contributed by atoms with van der Waals surface area (Å²) in [6, 6.07) is 19.1. The standard InChI is InChI=1S/C28H26N4O3/c1-18-14-21(19(2)32(18)26-11-7-5-9-24(26)28(34)35-3)15-22(16-29)27(33)30-13-12-20-17-31-25-10-6-4-8-23(20)25/h4-11,14-15,17,31H,12-13H2,1-3H3,(H,30,33)/b22-15-. The lowest BCUT2D eigenvalue weighted by molar-refractivity contribution is -0.117. The summed E-state index contributed by atoms with van der Waals surface area (Å²) < 4.78 is 6.84. The number of carbonyl (C=O) groups excluding carboxylic acids is 2. The number of esters is 1. The average Bonchev–Trinajstić information content (AvgIpc) is 3.41. The number of nitrogens with one attached hydrogen (secondary N) is 2. The lowest BCUT2D eigenvalue weighted by Gasteiger charge is -2.13. The number of carbonyl (C=O) groups is 2. The average molecular weight is 467 g/mol. The first kappa shape index (κ1) is 23.6. The molecule has 0 saturated heterocycles. The van der Waals surface area contributed by atoms with Gasteiger partial charge in [0.05, 0.1) is 18.4 Å². The minimum absolute atomic E-state index is 0.0189. The van der Waals surface area contributed by atoms with Crippen molar-refractivity contribution in [2.75, 3.05) is 13.7 Å². The molecule has 0 fully saturated rings. The van der Waals surface area contributed by atoms with Crippen molar-refractivity contribution in [1.82, 2.24) is 14.9 Å². The number of aromatic amines is 1. The van der Waals surface area contributed by atoms with Gasteiger partial charge in [0.1, 0.15) is 11.6 Å². The molecule has 0 aliphatic heterocycles. The van der Waals surface area contributed by atoms with Gasteiger partial charge in [-0.1, -0.05) is 30.3 Å². The quantitative estimate of drug-likeness (QED) is 0.236. The van der Waals surface area contributed by atoms with Crippen LogP contribution in [0.15, 0.2) is 66.4 Å². The van der Waals surface area contributed by atoms with Crippen molar-refractivity contribution in [1.29, 1.82) is 5.26 Å². The number of fused-ring (bicyclic) bond motifs is 1. The number of methoxy groups -OCH3 is 1. The number of hydrogen-bond donors (Lipinski definition) is 2. The highest BCUT2D eigenvalue weighted by atomic mass is 16.5. The van der Waals surface area contributed by atoms with Crippen LogP contribution in [-0.4, -0.2) is 35.1 Å². The first-order valence-electron chi connectivity index (χ1n) is 11.3. The lowest BCUT2D eigenvalue weighted by atomic mass is 10.1. The predicted molar refractivity (Wildman–Crippen MR) is 135 cm³/mol. The Labute approximate surface area is 203 Å². The largest absolute Gasteiger partial charge is 0.465 e. The molecule has 7 heteroatoms. The van der Waals surface area contributed by atoms with Crippen LogP contribution < -0.4 is 5.32 Å². The van der Waals surface area contributed by atoms with Crippen LogP contribution in [0.25, 0.3) is 22.7 Å². The van der Waals surface area contributed by atoms with E-state index in [2.05, 4.69) is 10.3 Å². The second kappa shape index (κ2) is 10.1. The Hall–Kier alpha value is -4.57. The van der Waals surface area contributed by atoms with E-state index in [1.165, 1.54) is 7.11 Å². The topological polar surface area (TPSA) is 99.9 Å². The van der Waals surface area contributed by atoms with Crippen molar-refractivity contribution >= 4 is 28.9 Å². The fourth-order valence-electron chi connectivity index (χ4n) is 4.30. The molecule has 0 saturated carbocycles. The Morgan fingerprint density at radius 2 is 1.89 bits per heavy atom. The maximum Gasteiger partial charge on any atom is 0.339 e. The molecule has 0 aliphatic carbocycles. The van der Waals surface area contributed by atoms with E-state index in [1.54, 1.807) is 18.2 Å². The van der Waals surface area contributed by atoms with Crippen molar-refractivity contribution in [3.63, 3.8) is 0 Å². The molecule has 0 aliphatic rings. The van der Waals surface area contributed by atoms with Crippen LogP contribution in [0.5, 0.6) is 0 Å². The fourth-order valence-corrected chi connectivity index (χ4v) is 4.30. The van der Waals surface area contributed by atoms with Gasteiger partial charge in [0.25, 0.3) is 5.91 Å². The van der Waals surface area contributed by atoms with Gasteiger partial charge in [-0.25, -0.2) is 4.79 Å². The minimum atomic E-state index is -0.433. The molecule has 0 bridgehead atoms. The summed E-state index contributed by atoms with van der Waals surface area (Å²) in [6.45, 7) is 4.20. The molecule has 4 rings (SSSR count). The van der Waals surface area contributed by atoms with Crippen LogP contribution in [-0.2, 0) is 16.0 Å². The van der Waals surface area contributed by atoms with Gasteiger partial charge in [0, 0.05) is 35.0 Å². The van der Waals surface area contributed by atoms with Crippen LogP contribution >= 0.6 is 0 Å². The summed E-state index contributed by atoms with van der Waals surface area (Å²) in [4.78, 5) is 28.2. The number of H-pyrrole nitrogens is 1. The second-order valence-corrected chi connectivity index (χ2v) is 8.21. The van der Waals surface area contributed by atoms with Crippen LogP contribution in [0, 0.1) is 25.2 Å². The first-order chi connectivity index (χ1) is 16.9. The van der Waals surface area contributed by atoms with Gasteiger partial charge in [-0.3, -0.25) is 4.79 Å². The van der Waals surface area contributed by atoms with Gasteiger partial charge in [-0.05, 0) is 61.7 Å². The summed E-state index contributed by atoms with van der Waals surface area (Å²) in [7, 11) is 1.35. The smallest absolute Gasteiger partial charge is 0.339 e. The van der Waals surface area contributed by atoms with Crippen LogP contribution in [0.2, 0.25) is 0 Å². The number of rotatable bonds is 7. The third-order valence-electron chi connectivity index (χ3n) is 6.04. The van der Waals surface area contributed by atoms with Crippen molar-refractivity contribution in [2.24, 2.45) is 0 Å². The number of aromatic nitrogens is 2. The molecule has 4 aromatic rings. The fraction of sp³-hybridized carbons (Fsp3) is 0.179. The zero-order valence-corrected chi connectivity index (χ0v) is 19.9. The molecule has 0 radical (unpaired) electrons. The Morgan fingerprint density at radius 1 is 1.14 bits per heavy atom. The number of nitrogens with zero attached hydrogens (tertiary/aromatic N) is 2. The van der Waals surface area contributed by atoms with E-state index in [9.17, 15) is 14.9 Å². The zero-order valence-electron chi connectivity index (χ0n) is 19.9. The van der Waals surface area contributed by atoms with Gasteiger partial charge >= 0.3 is 5.97 Å². The highest BCUT2D eigenvalue weighted by Gasteiger charge is 2.18. The number of para-hydroxylation sites is 2. The number of nitriles is 1. The number of aryl methyl sites for hydroxylation is 1. The molecule has 35 heavy (non-hydrogen) atoms. The molecular weight excluding hydrogens is 440 g/mol. The lowest BCUT2D eigenvalue weighted by Crippen LogP contribution is -2.26. The van der Waals surface area contributed by atoms with E-state index in [4.69, 9.17) is 4.74 Å². The van der Waals surface area contributed by atoms with E-state index >= 15 is 0 Å². The van der Waals surface area contributed by atoms with Crippen LogP contribution in [0.4, 0.5) is 0 Å². The van der Waals surface area contributed by atoms with E-state index in [0.717, 1.165) is 33.4 Å². The van der Waals surface area contributed by atoms with Crippen molar-refractivity contribution < 1.29 is 14.3 Å². The predicted octanol–water partition coefficient (Wildman–Crippen LogP) is 4.63. The summed E-state index contributed by atoms with van der Waals surface area (Å²) in [6.07, 6.45) is 4.17. The summed E-state index contributed by atoms with van der Waals surface area (Å²) in [5.41, 5.74) is 5.68. The Bertz CT molecular complexity index is 1480. The SMILES string of the molecule is COC(=O)c1ccccc1-n1c(C)cc(/C=C(/C#N)C(=O)NCCc2c[nH]c3ccccc23)c1C. The zero-order chi connectivity index (χ0) is 24.9. The third-order valence-corrected chi connectivity index (χ3v) is 6.04. The minimum Gasteiger partial charge on any atom is -0.465 e. The van der Waals surface area contributed by atoms with Crippen LogP contribution in [0.1, 0.15) is 32.9 Å². The molecule has 7 nitrogen and oxygen atoms in total. The number of amides is 1. The first-order valence-corrected chi connectivity index (χ1v) is 11.3. The van der Waals surface area contributed by atoms with Gasteiger partial charge in [-0.2, -0.15) is 5.26 Å². The highest BCUT2D eigenvalue weighted by molar-refractivity contribution is 6.02. The van der Waals surface area contributed by atoms with Gasteiger partial charge < -0.3 is 19.6 Å². The van der Waals surface area contributed by atoms with E-state index < -0.39 is 11.9 Å². The van der Waals surface area contributed by atoms with E-state index in [-0.39, 0.29) is 5.57 Å². The van der Waals surface area contributed by atoms with Gasteiger partial charge in [-0.15, -0.1) is 0 Å². The number of hydrogen-bond acceptors (Lipinski definition) is 4. The van der Waals surface area contributed by atoms with Gasteiger partial charge in [0.2, 0.25) is 0 Å². The van der Waals surface area contributed by atoms with Gasteiger partial charge in [0.15, 0.2) is 0 Å². The highest BCUT2D eigenvalue weighted by Crippen LogP contribution is 2.25.